The number of aromatic nitrogens is 1. The number of furan rings is 1. The van der Waals surface area contributed by atoms with Crippen LogP contribution >= 0.6 is 11.3 Å². The Kier molecular flexibility index (Phi) is 5.74. The van der Waals surface area contributed by atoms with Crippen LogP contribution in [0.15, 0.2) is 40.1 Å². The smallest absolute Gasteiger partial charge is 0.433 e. The Morgan fingerprint density at radius 2 is 1.93 bits per heavy atom. The third kappa shape index (κ3) is 4.32. The first kappa shape index (κ1) is 20.2. The highest BCUT2D eigenvalue weighted by Gasteiger charge is 2.22. The molecule has 0 unspecified atom stereocenters. The molecule has 0 N–H and O–H groups in total. The van der Waals surface area contributed by atoms with Crippen LogP contribution < -0.4 is 4.90 Å². The van der Waals surface area contributed by atoms with Crippen LogP contribution in [-0.2, 0) is 16.1 Å². The van der Waals surface area contributed by atoms with Gasteiger partial charge in [-0.3, -0.25) is 19.8 Å². The number of ether oxygens (including phenoxy) is 1. The Morgan fingerprint density at radius 1 is 1.24 bits per heavy atom. The highest BCUT2D eigenvalue weighted by atomic mass is 32.1. The summed E-state index contributed by atoms with van der Waals surface area (Å²) in [6.07, 6.45) is 0. The van der Waals surface area contributed by atoms with Gasteiger partial charge < -0.3 is 9.15 Å². The number of para-hydroxylation sites is 1. The maximum Gasteiger partial charge on any atom is 0.433 e. The minimum Gasteiger partial charge on any atom is -0.453 e. The van der Waals surface area contributed by atoms with Crippen molar-refractivity contribution in [1.29, 1.82) is 0 Å². The molecular weight excluding hydrogens is 398 g/mol. The second kappa shape index (κ2) is 8.23. The third-order valence-corrected chi connectivity index (χ3v) is 4.91. The molecule has 0 fully saturated rings. The summed E-state index contributed by atoms with van der Waals surface area (Å²) < 4.78 is 9.91. The van der Waals surface area contributed by atoms with E-state index in [4.69, 9.17) is 9.15 Å². The predicted molar refractivity (Wildman–Crippen MR) is 105 cm³/mol. The fourth-order valence-corrected chi connectivity index (χ4v) is 3.61. The summed E-state index contributed by atoms with van der Waals surface area (Å²) in [6, 6.07) is 7.99. The molecule has 3 rings (SSSR count). The van der Waals surface area contributed by atoms with E-state index < -0.39 is 16.8 Å². The molecule has 1 amide bonds. The first-order valence-electron chi connectivity index (χ1n) is 8.50. The second-order valence-electron chi connectivity index (χ2n) is 6.19. The number of carbonyl (C=O) groups excluding carboxylic acids is 2. The lowest BCUT2D eigenvalue weighted by molar-refractivity contribution is -0.402. The van der Waals surface area contributed by atoms with Gasteiger partial charge in [0.05, 0.1) is 17.4 Å². The van der Waals surface area contributed by atoms with Crippen molar-refractivity contribution < 1.29 is 23.7 Å². The quantitative estimate of drug-likeness (QED) is 0.335. The summed E-state index contributed by atoms with van der Waals surface area (Å²) in [7, 11) is 0. The lowest BCUT2D eigenvalue weighted by Gasteiger charge is -2.22. The fraction of sp³-hybridized carbons (Fsp3) is 0.211. The number of carbonyl (C=O) groups is 2. The zero-order valence-electron chi connectivity index (χ0n) is 15.9. The molecule has 0 bridgehead atoms. The van der Waals surface area contributed by atoms with E-state index in [1.54, 1.807) is 5.38 Å². The predicted octanol–water partition coefficient (Wildman–Crippen LogP) is 4.30. The molecule has 29 heavy (non-hydrogen) atoms. The summed E-state index contributed by atoms with van der Waals surface area (Å²) in [5.74, 6) is -1.85. The van der Waals surface area contributed by atoms with Crippen LogP contribution in [0.1, 0.15) is 34.3 Å². The largest absolute Gasteiger partial charge is 0.453 e. The summed E-state index contributed by atoms with van der Waals surface area (Å²) in [5, 5.41) is 12.8. The van der Waals surface area contributed by atoms with Crippen LogP contribution in [-0.4, -0.2) is 21.8 Å². The molecule has 2 heterocycles. The first-order chi connectivity index (χ1) is 13.8. The number of nitrogens with zero attached hydrogens (tertiary/aromatic N) is 3. The van der Waals surface area contributed by atoms with E-state index in [0.29, 0.717) is 10.8 Å². The lowest BCUT2D eigenvalue weighted by Crippen LogP contribution is -2.24. The minimum atomic E-state index is -0.842. The monoisotopic (exact) mass is 415 g/mol. The zero-order chi connectivity index (χ0) is 21.1. The molecule has 1 aromatic carbocycles. The lowest BCUT2D eigenvalue weighted by atomic mass is 10.1. The van der Waals surface area contributed by atoms with Gasteiger partial charge in [0.15, 0.2) is 5.13 Å². The number of benzene rings is 1. The summed E-state index contributed by atoms with van der Waals surface area (Å²) in [6.45, 7) is 5.12. The van der Waals surface area contributed by atoms with E-state index in [1.807, 2.05) is 32.0 Å². The van der Waals surface area contributed by atoms with Crippen molar-refractivity contribution in [3.05, 3.63) is 68.4 Å². The molecule has 0 atom stereocenters. The van der Waals surface area contributed by atoms with Gasteiger partial charge in [-0.1, -0.05) is 18.2 Å². The Hall–Kier alpha value is -3.53. The number of rotatable bonds is 6. The van der Waals surface area contributed by atoms with Gasteiger partial charge in [0.2, 0.25) is 11.7 Å². The van der Waals surface area contributed by atoms with Crippen molar-refractivity contribution in [2.24, 2.45) is 0 Å². The molecule has 0 spiro atoms. The molecule has 2 aromatic heterocycles. The molecule has 0 radical (unpaired) electrons. The van der Waals surface area contributed by atoms with Crippen LogP contribution in [0.4, 0.5) is 16.7 Å². The van der Waals surface area contributed by atoms with Crippen LogP contribution in [0.3, 0.4) is 0 Å². The van der Waals surface area contributed by atoms with E-state index in [0.717, 1.165) is 22.9 Å². The third-order valence-electron chi connectivity index (χ3n) is 4.03. The summed E-state index contributed by atoms with van der Waals surface area (Å²) in [5.41, 5.74) is 3.07. The Morgan fingerprint density at radius 3 is 2.52 bits per heavy atom. The van der Waals surface area contributed by atoms with Gasteiger partial charge in [-0.25, -0.2) is 9.78 Å². The number of hydrogen-bond acceptors (Lipinski definition) is 8. The van der Waals surface area contributed by atoms with Crippen LogP contribution in [0.2, 0.25) is 0 Å². The molecule has 0 aliphatic rings. The standard InChI is InChI=1S/C19H17N3O6S/c1-11-5-4-6-12(2)17(11)21(13(3)23)19-20-14(10-29-19)9-27-18(24)15-7-8-16(28-15)22(25)26/h4-8,10H,9H2,1-3H3. The summed E-state index contributed by atoms with van der Waals surface area (Å²) >= 11 is 1.24. The van der Waals surface area contributed by atoms with Gasteiger partial charge >= 0.3 is 11.9 Å². The number of hydrogen-bond donors (Lipinski definition) is 0. The number of anilines is 2. The van der Waals surface area contributed by atoms with Gasteiger partial charge in [-0.2, -0.15) is 0 Å². The fourth-order valence-electron chi connectivity index (χ4n) is 2.76. The van der Waals surface area contributed by atoms with Gasteiger partial charge in [-0.05, 0) is 31.0 Å². The molecule has 0 aliphatic heterocycles. The molecule has 0 saturated heterocycles. The molecule has 150 valence electrons. The van der Waals surface area contributed by atoms with Gasteiger partial charge in [0.1, 0.15) is 11.5 Å². The molecule has 10 heteroatoms. The van der Waals surface area contributed by atoms with Crippen LogP contribution in [0, 0.1) is 24.0 Å². The molecule has 0 aliphatic carbocycles. The molecule has 3 aromatic rings. The molecule has 0 saturated carbocycles. The maximum atomic E-state index is 12.3. The van der Waals surface area contributed by atoms with E-state index in [-0.39, 0.29) is 18.3 Å². The van der Waals surface area contributed by atoms with Crippen molar-refractivity contribution in [1.82, 2.24) is 4.98 Å². The molecule has 9 nitrogen and oxygen atoms in total. The Labute approximate surface area is 169 Å². The SMILES string of the molecule is CC(=O)N(c1nc(COC(=O)c2ccc([N+](=O)[O-])o2)cs1)c1c(C)cccc1C. The zero-order valence-corrected chi connectivity index (χ0v) is 16.7. The van der Waals surface area contributed by atoms with E-state index in [1.165, 1.54) is 29.2 Å². The number of amides is 1. The Balaban J connectivity index is 1.76. The number of aryl methyl sites for hydroxylation is 2. The van der Waals surface area contributed by atoms with E-state index in [9.17, 15) is 19.7 Å². The van der Waals surface area contributed by atoms with Crippen molar-refractivity contribution in [3.8, 4) is 0 Å². The van der Waals surface area contributed by atoms with Crippen molar-refractivity contribution in [2.45, 2.75) is 27.4 Å². The van der Waals surface area contributed by atoms with Crippen molar-refractivity contribution in [3.63, 3.8) is 0 Å². The van der Waals surface area contributed by atoms with Crippen molar-refractivity contribution in [2.75, 3.05) is 4.90 Å². The maximum absolute atomic E-state index is 12.3. The second-order valence-corrected chi connectivity index (χ2v) is 7.02. The number of esters is 1. The number of thiazole rings is 1. The number of nitro groups is 1. The first-order valence-corrected chi connectivity index (χ1v) is 9.38. The molecular formula is C19H17N3O6S. The van der Waals surface area contributed by atoms with Crippen LogP contribution in [0.25, 0.3) is 0 Å². The average molecular weight is 415 g/mol. The van der Waals surface area contributed by atoms with E-state index >= 15 is 0 Å². The normalized spacial score (nSPS) is 10.6. The van der Waals surface area contributed by atoms with E-state index in [2.05, 4.69) is 4.98 Å². The average Bonchev–Trinajstić information content (AvgIpc) is 3.32. The topological polar surface area (TPSA) is 116 Å². The Bertz CT molecular complexity index is 1070. The highest BCUT2D eigenvalue weighted by molar-refractivity contribution is 7.14. The van der Waals surface area contributed by atoms with Gasteiger partial charge in [0, 0.05) is 12.3 Å². The summed E-state index contributed by atoms with van der Waals surface area (Å²) in [4.78, 5) is 40.1. The van der Waals surface area contributed by atoms with Gasteiger partial charge in [0.25, 0.3) is 0 Å². The highest BCUT2D eigenvalue weighted by Crippen LogP contribution is 2.33. The van der Waals surface area contributed by atoms with Crippen molar-refractivity contribution >= 4 is 39.9 Å². The minimum absolute atomic E-state index is 0.164. The van der Waals surface area contributed by atoms with Gasteiger partial charge in [-0.15, -0.1) is 11.3 Å². The van der Waals surface area contributed by atoms with Crippen LogP contribution in [0.5, 0.6) is 0 Å².